The Morgan fingerprint density at radius 2 is 1.88 bits per heavy atom. The van der Waals surface area contributed by atoms with Gasteiger partial charge in [-0.05, 0) is 60.0 Å². The monoisotopic (exact) mass is 470 g/mol. The molecule has 11 heteroatoms. The topological polar surface area (TPSA) is 110 Å². The predicted molar refractivity (Wildman–Crippen MR) is 121 cm³/mol. The number of amides is 1. The molecule has 9 nitrogen and oxygen atoms in total. The van der Waals surface area contributed by atoms with E-state index in [9.17, 15) is 17.6 Å². The van der Waals surface area contributed by atoms with Crippen LogP contribution in [0.5, 0.6) is 0 Å². The average Bonchev–Trinajstić information content (AvgIpc) is 3.25. The lowest BCUT2D eigenvalue weighted by Gasteiger charge is -2.29. The van der Waals surface area contributed by atoms with Gasteiger partial charge in [-0.3, -0.25) is 4.79 Å². The first-order valence-electron chi connectivity index (χ1n) is 10.4. The number of piperidine rings is 1. The first-order chi connectivity index (χ1) is 15.8. The minimum atomic E-state index is -3.57. The number of tetrazole rings is 1. The van der Waals surface area contributed by atoms with Crippen LogP contribution < -0.4 is 5.32 Å². The molecule has 1 aromatic heterocycles. The highest BCUT2D eigenvalue weighted by Crippen LogP contribution is 2.24. The standard InChI is InChI=1S/C22H23FN6O3S/c1-16-25-26-27-29(16)21-15-19(7-8-20(21)23)24-22(30)18-9-12-28(13-10-18)33(31,32)14-11-17-5-3-2-4-6-17/h2-8,11,14-15,18H,9-10,12-13H2,1H3,(H,24,30)/b14-11+. The lowest BCUT2D eigenvalue weighted by Crippen LogP contribution is -2.40. The maximum absolute atomic E-state index is 14.2. The summed E-state index contributed by atoms with van der Waals surface area (Å²) in [5.74, 6) is -0.701. The average molecular weight is 471 g/mol. The van der Waals surface area contributed by atoms with Crippen molar-refractivity contribution in [3.8, 4) is 5.69 Å². The van der Waals surface area contributed by atoms with Gasteiger partial charge in [0, 0.05) is 30.1 Å². The van der Waals surface area contributed by atoms with Gasteiger partial charge in [-0.1, -0.05) is 30.3 Å². The van der Waals surface area contributed by atoms with Crippen molar-refractivity contribution >= 4 is 27.7 Å². The maximum atomic E-state index is 14.2. The van der Waals surface area contributed by atoms with Crippen LogP contribution in [0.1, 0.15) is 24.2 Å². The molecule has 0 saturated carbocycles. The summed E-state index contributed by atoms with van der Waals surface area (Å²) in [6, 6.07) is 13.3. The number of halogens is 1. The molecule has 0 unspecified atom stereocenters. The minimum absolute atomic E-state index is 0.126. The van der Waals surface area contributed by atoms with E-state index in [1.165, 1.54) is 32.6 Å². The molecule has 33 heavy (non-hydrogen) atoms. The zero-order chi connectivity index (χ0) is 23.4. The van der Waals surface area contributed by atoms with E-state index in [4.69, 9.17) is 0 Å². The Hall–Kier alpha value is -3.44. The van der Waals surface area contributed by atoms with Gasteiger partial charge >= 0.3 is 0 Å². The third-order valence-corrected chi connectivity index (χ3v) is 7.05. The number of hydrogen-bond acceptors (Lipinski definition) is 6. The van der Waals surface area contributed by atoms with Crippen LogP contribution >= 0.6 is 0 Å². The molecule has 1 N–H and O–H groups in total. The van der Waals surface area contributed by atoms with Crippen molar-refractivity contribution in [2.24, 2.45) is 5.92 Å². The molecule has 1 fully saturated rings. The summed E-state index contributed by atoms with van der Waals surface area (Å²) in [6.07, 6.45) is 2.35. The van der Waals surface area contributed by atoms with Crippen LogP contribution in [0.4, 0.5) is 10.1 Å². The van der Waals surface area contributed by atoms with Gasteiger partial charge in [0.05, 0.1) is 0 Å². The smallest absolute Gasteiger partial charge is 0.236 e. The molecule has 2 heterocycles. The van der Waals surface area contributed by atoms with E-state index < -0.39 is 15.8 Å². The molecule has 172 valence electrons. The molecule has 1 aliphatic rings. The van der Waals surface area contributed by atoms with Crippen LogP contribution in [-0.2, 0) is 14.8 Å². The van der Waals surface area contributed by atoms with Crippen molar-refractivity contribution in [1.29, 1.82) is 0 Å². The minimum Gasteiger partial charge on any atom is -0.326 e. The highest BCUT2D eigenvalue weighted by molar-refractivity contribution is 7.92. The lowest BCUT2D eigenvalue weighted by atomic mass is 9.97. The zero-order valence-corrected chi connectivity index (χ0v) is 18.7. The fourth-order valence-corrected chi connectivity index (χ4v) is 4.86. The number of carbonyl (C=O) groups is 1. The highest BCUT2D eigenvalue weighted by Gasteiger charge is 2.30. The van der Waals surface area contributed by atoms with Gasteiger partial charge in [0.25, 0.3) is 0 Å². The fourth-order valence-electron chi connectivity index (χ4n) is 3.64. The number of carbonyl (C=O) groups excluding carboxylic acids is 1. The number of aromatic nitrogens is 4. The van der Waals surface area contributed by atoms with E-state index >= 15 is 0 Å². The molecule has 0 bridgehead atoms. The highest BCUT2D eigenvalue weighted by atomic mass is 32.2. The van der Waals surface area contributed by atoms with Crippen molar-refractivity contribution in [2.75, 3.05) is 18.4 Å². The quantitative estimate of drug-likeness (QED) is 0.593. The normalized spacial score (nSPS) is 15.7. The van der Waals surface area contributed by atoms with E-state index in [-0.39, 0.29) is 30.6 Å². The molecule has 1 saturated heterocycles. The largest absolute Gasteiger partial charge is 0.326 e. The third kappa shape index (κ3) is 5.32. The Labute approximate surface area is 191 Å². The first-order valence-corrected chi connectivity index (χ1v) is 11.9. The number of sulfonamides is 1. The summed E-state index contributed by atoms with van der Waals surface area (Å²) in [6.45, 7) is 2.14. The molecule has 3 aromatic rings. The van der Waals surface area contributed by atoms with Gasteiger partial charge in [-0.15, -0.1) is 5.10 Å². The van der Waals surface area contributed by atoms with Crippen molar-refractivity contribution in [1.82, 2.24) is 24.5 Å². The van der Waals surface area contributed by atoms with E-state index in [2.05, 4.69) is 20.8 Å². The van der Waals surface area contributed by atoms with Gasteiger partial charge in [-0.2, -0.15) is 8.99 Å². The van der Waals surface area contributed by atoms with Gasteiger partial charge in [0.15, 0.2) is 5.82 Å². The molecule has 0 radical (unpaired) electrons. The fraction of sp³-hybridized carbons (Fsp3) is 0.273. The Kier molecular flexibility index (Phi) is 6.61. The van der Waals surface area contributed by atoms with Gasteiger partial charge in [-0.25, -0.2) is 12.8 Å². The summed E-state index contributed by atoms with van der Waals surface area (Å²) in [7, 11) is -3.57. The Morgan fingerprint density at radius 3 is 2.55 bits per heavy atom. The molecular weight excluding hydrogens is 447 g/mol. The van der Waals surface area contributed by atoms with Crippen molar-refractivity contribution in [2.45, 2.75) is 19.8 Å². The molecule has 4 rings (SSSR count). The number of nitrogens with one attached hydrogen (secondary N) is 1. The SMILES string of the molecule is Cc1nnnn1-c1cc(NC(=O)C2CCN(S(=O)(=O)/C=C/c3ccccc3)CC2)ccc1F. The second-order valence-electron chi connectivity index (χ2n) is 7.73. The molecule has 0 atom stereocenters. The van der Waals surface area contributed by atoms with E-state index in [1.54, 1.807) is 13.0 Å². The summed E-state index contributed by atoms with van der Waals surface area (Å²) in [5.41, 5.74) is 1.33. The Bertz CT molecular complexity index is 1270. The van der Waals surface area contributed by atoms with Crippen LogP contribution in [0.3, 0.4) is 0 Å². The zero-order valence-electron chi connectivity index (χ0n) is 17.9. The molecule has 0 aliphatic carbocycles. The summed E-state index contributed by atoms with van der Waals surface area (Å²) < 4.78 is 42.1. The molecule has 1 amide bonds. The lowest BCUT2D eigenvalue weighted by molar-refractivity contribution is -0.120. The molecule has 0 spiro atoms. The van der Waals surface area contributed by atoms with Gasteiger partial charge < -0.3 is 5.32 Å². The molecular formula is C22H23FN6O3S. The van der Waals surface area contributed by atoms with Crippen LogP contribution in [0, 0.1) is 18.7 Å². The number of aryl methyl sites for hydroxylation is 1. The summed E-state index contributed by atoms with van der Waals surface area (Å²) >= 11 is 0. The number of nitrogens with zero attached hydrogens (tertiary/aromatic N) is 5. The van der Waals surface area contributed by atoms with E-state index in [1.807, 2.05) is 30.3 Å². The number of hydrogen-bond donors (Lipinski definition) is 1. The number of anilines is 1. The summed E-state index contributed by atoms with van der Waals surface area (Å²) in [5, 5.41) is 15.0. The van der Waals surface area contributed by atoms with E-state index in [0.717, 1.165) is 5.56 Å². The third-order valence-electron chi connectivity index (χ3n) is 5.48. The maximum Gasteiger partial charge on any atom is 0.236 e. The second-order valence-corrected chi connectivity index (χ2v) is 9.54. The predicted octanol–water partition coefficient (Wildman–Crippen LogP) is 2.76. The van der Waals surface area contributed by atoms with Crippen LogP contribution in [0.2, 0.25) is 0 Å². The van der Waals surface area contributed by atoms with Crippen LogP contribution in [0.25, 0.3) is 11.8 Å². The molecule has 1 aliphatic heterocycles. The van der Waals surface area contributed by atoms with Crippen molar-refractivity contribution < 1.29 is 17.6 Å². The Balaban J connectivity index is 1.37. The molecule has 2 aromatic carbocycles. The van der Waals surface area contributed by atoms with Crippen LogP contribution in [0.15, 0.2) is 53.9 Å². The Morgan fingerprint density at radius 1 is 1.15 bits per heavy atom. The number of benzene rings is 2. The van der Waals surface area contributed by atoms with E-state index in [0.29, 0.717) is 24.4 Å². The second kappa shape index (κ2) is 9.59. The first kappa shape index (κ1) is 22.7. The van der Waals surface area contributed by atoms with Gasteiger partial charge in [0.2, 0.25) is 15.9 Å². The van der Waals surface area contributed by atoms with Crippen LogP contribution in [-0.4, -0.2) is 51.9 Å². The van der Waals surface area contributed by atoms with Crippen molar-refractivity contribution in [3.05, 3.63) is 71.1 Å². The summed E-state index contributed by atoms with van der Waals surface area (Å²) in [4.78, 5) is 12.8. The number of rotatable bonds is 6. The van der Waals surface area contributed by atoms with Gasteiger partial charge in [0.1, 0.15) is 11.5 Å². The van der Waals surface area contributed by atoms with Crippen molar-refractivity contribution in [3.63, 3.8) is 0 Å².